The van der Waals surface area contributed by atoms with E-state index in [9.17, 15) is 0 Å². The van der Waals surface area contributed by atoms with Crippen molar-refractivity contribution in [2.75, 3.05) is 6.54 Å². The molecule has 0 aliphatic carbocycles. The third-order valence-electron chi connectivity index (χ3n) is 3.61. The summed E-state index contributed by atoms with van der Waals surface area (Å²) in [5, 5.41) is 4.82. The maximum atomic E-state index is 5.90. The van der Waals surface area contributed by atoms with Crippen LogP contribution in [-0.2, 0) is 13.0 Å². The molecule has 2 heteroatoms. The Morgan fingerprint density at radius 2 is 1.89 bits per heavy atom. The number of furan rings is 1. The minimum Gasteiger partial charge on any atom is -0.461 e. The molecule has 0 aliphatic heterocycles. The van der Waals surface area contributed by atoms with E-state index < -0.39 is 0 Å². The van der Waals surface area contributed by atoms with Gasteiger partial charge in [-0.1, -0.05) is 51.3 Å². The Labute approximate surface area is 116 Å². The van der Waals surface area contributed by atoms with Gasteiger partial charge < -0.3 is 9.73 Å². The number of unbranched alkanes of at least 4 members (excludes halogenated alkanes) is 3. The van der Waals surface area contributed by atoms with E-state index in [0.717, 1.165) is 30.9 Å². The first-order valence-corrected chi connectivity index (χ1v) is 7.56. The molecule has 0 fully saturated rings. The van der Waals surface area contributed by atoms with Gasteiger partial charge in [-0.25, -0.2) is 0 Å². The quantitative estimate of drug-likeness (QED) is 0.697. The number of aryl methyl sites for hydroxylation is 1. The second-order valence-electron chi connectivity index (χ2n) is 5.09. The van der Waals surface area contributed by atoms with Crippen molar-refractivity contribution in [2.45, 2.75) is 52.5 Å². The van der Waals surface area contributed by atoms with Gasteiger partial charge in [0.2, 0.25) is 0 Å². The van der Waals surface area contributed by atoms with Gasteiger partial charge in [-0.15, -0.1) is 0 Å². The van der Waals surface area contributed by atoms with Crippen LogP contribution >= 0.6 is 0 Å². The van der Waals surface area contributed by atoms with E-state index >= 15 is 0 Å². The monoisotopic (exact) mass is 259 g/mol. The fourth-order valence-electron chi connectivity index (χ4n) is 2.52. The van der Waals surface area contributed by atoms with Gasteiger partial charge >= 0.3 is 0 Å². The van der Waals surface area contributed by atoms with Crippen LogP contribution in [0.3, 0.4) is 0 Å². The zero-order valence-corrected chi connectivity index (χ0v) is 12.2. The van der Waals surface area contributed by atoms with Crippen molar-refractivity contribution in [1.29, 1.82) is 0 Å². The second-order valence-corrected chi connectivity index (χ2v) is 5.09. The predicted octanol–water partition coefficient (Wildman–Crippen LogP) is 4.67. The van der Waals surface area contributed by atoms with E-state index in [1.807, 2.05) is 6.07 Å². The standard InChI is InChI=1S/C17H25NO/c1-3-5-6-9-12-18-13-15-14-10-7-8-11-17(14)19-16(15)4-2/h7-8,10-11,18H,3-6,9,12-13H2,1-2H3. The van der Waals surface area contributed by atoms with Crippen LogP contribution in [0.1, 0.15) is 50.9 Å². The maximum absolute atomic E-state index is 5.90. The summed E-state index contributed by atoms with van der Waals surface area (Å²) in [7, 11) is 0. The van der Waals surface area contributed by atoms with Gasteiger partial charge in [0.05, 0.1) is 0 Å². The average molecular weight is 259 g/mol. The summed E-state index contributed by atoms with van der Waals surface area (Å²) in [4.78, 5) is 0. The molecule has 1 N–H and O–H groups in total. The molecule has 1 heterocycles. The van der Waals surface area contributed by atoms with Crippen LogP contribution in [0, 0.1) is 0 Å². The first-order chi connectivity index (χ1) is 9.36. The highest BCUT2D eigenvalue weighted by molar-refractivity contribution is 5.82. The fourth-order valence-corrected chi connectivity index (χ4v) is 2.52. The third-order valence-corrected chi connectivity index (χ3v) is 3.61. The molecule has 0 atom stereocenters. The zero-order chi connectivity index (χ0) is 13.5. The first kappa shape index (κ1) is 14.1. The highest BCUT2D eigenvalue weighted by atomic mass is 16.3. The number of hydrogen-bond acceptors (Lipinski definition) is 2. The minimum absolute atomic E-state index is 0.923. The Morgan fingerprint density at radius 1 is 1.05 bits per heavy atom. The summed E-state index contributed by atoms with van der Waals surface area (Å²) >= 11 is 0. The molecular weight excluding hydrogens is 234 g/mol. The maximum Gasteiger partial charge on any atom is 0.134 e. The summed E-state index contributed by atoms with van der Waals surface area (Å²) < 4.78 is 5.90. The normalized spacial score (nSPS) is 11.3. The average Bonchev–Trinajstić information content (AvgIpc) is 2.81. The number of benzene rings is 1. The minimum atomic E-state index is 0.923. The van der Waals surface area contributed by atoms with Crippen LogP contribution in [0.5, 0.6) is 0 Å². The summed E-state index contributed by atoms with van der Waals surface area (Å²) in [5.41, 5.74) is 2.36. The Bertz CT molecular complexity index is 501. The number of hydrogen-bond donors (Lipinski definition) is 1. The van der Waals surface area contributed by atoms with Crippen LogP contribution in [0.15, 0.2) is 28.7 Å². The van der Waals surface area contributed by atoms with Crippen molar-refractivity contribution in [3.05, 3.63) is 35.6 Å². The molecule has 2 aromatic rings. The summed E-state index contributed by atoms with van der Waals surface area (Å²) in [6.07, 6.45) is 6.20. The van der Waals surface area contributed by atoms with E-state index in [2.05, 4.69) is 37.4 Å². The lowest BCUT2D eigenvalue weighted by Gasteiger charge is -2.05. The summed E-state index contributed by atoms with van der Waals surface area (Å²) in [5.74, 6) is 1.13. The van der Waals surface area contributed by atoms with Crippen molar-refractivity contribution in [3.63, 3.8) is 0 Å². The lowest BCUT2D eigenvalue weighted by Crippen LogP contribution is -2.15. The molecule has 0 aliphatic rings. The fraction of sp³-hybridized carbons (Fsp3) is 0.529. The Balaban J connectivity index is 1.95. The van der Waals surface area contributed by atoms with E-state index in [4.69, 9.17) is 4.42 Å². The van der Waals surface area contributed by atoms with Crippen LogP contribution in [-0.4, -0.2) is 6.54 Å². The van der Waals surface area contributed by atoms with E-state index in [-0.39, 0.29) is 0 Å². The zero-order valence-electron chi connectivity index (χ0n) is 12.2. The van der Waals surface area contributed by atoms with E-state index in [1.165, 1.54) is 36.6 Å². The molecule has 1 aromatic heterocycles. The molecule has 0 saturated heterocycles. The van der Waals surface area contributed by atoms with Crippen molar-refractivity contribution < 1.29 is 4.42 Å². The van der Waals surface area contributed by atoms with Crippen molar-refractivity contribution >= 4 is 11.0 Å². The molecule has 1 aromatic carbocycles. The molecule has 0 bridgehead atoms. The third kappa shape index (κ3) is 3.60. The summed E-state index contributed by atoms with van der Waals surface area (Å²) in [6, 6.07) is 8.33. The SMILES string of the molecule is CCCCCCNCc1c(CC)oc2ccccc12. The van der Waals surface area contributed by atoms with Gasteiger partial charge in [0, 0.05) is 23.9 Å². The molecule has 104 valence electrons. The number of fused-ring (bicyclic) bond motifs is 1. The van der Waals surface area contributed by atoms with Gasteiger partial charge in [-0.05, 0) is 19.0 Å². The molecule has 0 amide bonds. The van der Waals surface area contributed by atoms with Crippen LogP contribution in [0.2, 0.25) is 0 Å². The smallest absolute Gasteiger partial charge is 0.134 e. The largest absolute Gasteiger partial charge is 0.461 e. The van der Waals surface area contributed by atoms with Crippen molar-refractivity contribution in [3.8, 4) is 0 Å². The second kappa shape index (κ2) is 7.34. The Hall–Kier alpha value is -1.28. The van der Waals surface area contributed by atoms with Crippen LogP contribution in [0.25, 0.3) is 11.0 Å². The van der Waals surface area contributed by atoms with Crippen LogP contribution in [0.4, 0.5) is 0 Å². The van der Waals surface area contributed by atoms with E-state index in [0.29, 0.717) is 0 Å². The molecule has 0 unspecified atom stereocenters. The summed E-state index contributed by atoms with van der Waals surface area (Å²) in [6.45, 7) is 6.43. The molecule has 0 radical (unpaired) electrons. The number of para-hydroxylation sites is 1. The Kier molecular flexibility index (Phi) is 5.46. The number of nitrogens with one attached hydrogen (secondary N) is 1. The van der Waals surface area contributed by atoms with Crippen LogP contribution < -0.4 is 5.32 Å². The molecule has 2 nitrogen and oxygen atoms in total. The predicted molar refractivity (Wildman–Crippen MR) is 81.4 cm³/mol. The molecule has 19 heavy (non-hydrogen) atoms. The topological polar surface area (TPSA) is 25.2 Å². The van der Waals surface area contributed by atoms with Gasteiger partial charge in [0.1, 0.15) is 11.3 Å². The van der Waals surface area contributed by atoms with Gasteiger partial charge in [0.25, 0.3) is 0 Å². The van der Waals surface area contributed by atoms with Crippen molar-refractivity contribution in [1.82, 2.24) is 5.32 Å². The highest BCUT2D eigenvalue weighted by Gasteiger charge is 2.11. The molecule has 2 rings (SSSR count). The lowest BCUT2D eigenvalue weighted by molar-refractivity contribution is 0.540. The Morgan fingerprint density at radius 3 is 2.68 bits per heavy atom. The van der Waals surface area contributed by atoms with Gasteiger partial charge in [-0.3, -0.25) is 0 Å². The highest BCUT2D eigenvalue weighted by Crippen LogP contribution is 2.26. The number of rotatable bonds is 8. The lowest BCUT2D eigenvalue weighted by atomic mass is 10.1. The van der Waals surface area contributed by atoms with Crippen molar-refractivity contribution in [2.24, 2.45) is 0 Å². The molecular formula is C17H25NO. The van der Waals surface area contributed by atoms with Gasteiger partial charge in [-0.2, -0.15) is 0 Å². The molecule has 0 saturated carbocycles. The first-order valence-electron chi connectivity index (χ1n) is 7.56. The van der Waals surface area contributed by atoms with E-state index in [1.54, 1.807) is 0 Å². The van der Waals surface area contributed by atoms with Gasteiger partial charge in [0.15, 0.2) is 0 Å². The molecule has 0 spiro atoms.